The molecular weight excluding hydrogens is 224 g/mol. The van der Waals surface area contributed by atoms with Crippen molar-refractivity contribution in [3.05, 3.63) is 0 Å². The Morgan fingerprint density at radius 1 is 1.12 bits per heavy atom. The first-order valence-electron chi connectivity index (χ1n) is 6.05. The number of rotatable bonds is 2. The van der Waals surface area contributed by atoms with Crippen molar-refractivity contribution in [3.63, 3.8) is 0 Å². The Kier molecular flexibility index (Phi) is 1.95. The fraction of sp³-hybridized carbons (Fsp3) is 0.833. The number of aliphatic hydroxyl groups is 1. The summed E-state index contributed by atoms with van der Waals surface area (Å²) >= 11 is 0. The Morgan fingerprint density at radius 3 is 2.35 bits per heavy atom. The molecule has 0 aliphatic heterocycles. The van der Waals surface area contributed by atoms with Gasteiger partial charge >= 0.3 is 11.9 Å². The molecule has 17 heavy (non-hydrogen) atoms. The molecule has 0 spiro atoms. The third-order valence-corrected chi connectivity index (χ3v) is 5.00. The molecular formula is C12H16O5. The number of carboxylic acids is 2. The van der Waals surface area contributed by atoms with Crippen LogP contribution in [0.4, 0.5) is 0 Å². The van der Waals surface area contributed by atoms with Crippen LogP contribution in [0, 0.1) is 23.2 Å². The molecule has 5 unspecified atom stereocenters. The zero-order valence-electron chi connectivity index (χ0n) is 9.43. The van der Waals surface area contributed by atoms with Crippen molar-refractivity contribution >= 4 is 11.9 Å². The monoisotopic (exact) mass is 240 g/mol. The topological polar surface area (TPSA) is 94.8 Å². The summed E-state index contributed by atoms with van der Waals surface area (Å²) in [5.74, 6) is -2.87. The van der Waals surface area contributed by atoms with Crippen molar-refractivity contribution in [2.24, 2.45) is 23.2 Å². The van der Waals surface area contributed by atoms with E-state index in [4.69, 9.17) is 0 Å². The third kappa shape index (κ3) is 1.29. The van der Waals surface area contributed by atoms with E-state index in [1.165, 1.54) is 0 Å². The van der Waals surface area contributed by atoms with E-state index in [0.717, 1.165) is 6.42 Å². The van der Waals surface area contributed by atoms with Crippen LogP contribution in [0.2, 0.25) is 0 Å². The van der Waals surface area contributed by atoms with Crippen LogP contribution in [0.3, 0.4) is 0 Å². The molecule has 0 aromatic rings. The van der Waals surface area contributed by atoms with E-state index in [-0.39, 0.29) is 18.3 Å². The lowest BCUT2D eigenvalue weighted by Gasteiger charge is -2.60. The number of carbonyl (C=O) groups is 2. The van der Waals surface area contributed by atoms with Crippen molar-refractivity contribution in [1.29, 1.82) is 0 Å². The zero-order valence-corrected chi connectivity index (χ0v) is 9.43. The van der Waals surface area contributed by atoms with E-state index in [2.05, 4.69) is 0 Å². The Morgan fingerprint density at radius 2 is 1.82 bits per heavy atom. The summed E-state index contributed by atoms with van der Waals surface area (Å²) in [6.07, 6.45) is 2.38. The Hall–Kier alpha value is -1.10. The van der Waals surface area contributed by atoms with Crippen molar-refractivity contribution < 1.29 is 24.9 Å². The predicted octanol–water partition coefficient (Wildman–Crippen LogP) is 0.713. The van der Waals surface area contributed by atoms with Gasteiger partial charge in [-0.3, -0.25) is 9.59 Å². The number of carboxylic acid groups (broad SMARTS) is 2. The molecule has 5 nitrogen and oxygen atoms in total. The first kappa shape index (κ1) is 11.0. The molecule has 0 heterocycles. The van der Waals surface area contributed by atoms with Gasteiger partial charge in [0.05, 0.1) is 16.9 Å². The van der Waals surface area contributed by atoms with Gasteiger partial charge in [0.2, 0.25) is 0 Å². The average Bonchev–Trinajstić information content (AvgIpc) is 2.12. The van der Waals surface area contributed by atoms with E-state index >= 15 is 0 Å². The lowest BCUT2D eigenvalue weighted by Crippen LogP contribution is -2.64. The van der Waals surface area contributed by atoms with Crippen molar-refractivity contribution in [3.8, 4) is 0 Å². The van der Waals surface area contributed by atoms with Gasteiger partial charge in [-0.1, -0.05) is 0 Å². The lowest BCUT2D eigenvalue weighted by atomic mass is 9.43. The Balaban J connectivity index is 2.09. The molecule has 4 bridgehead atoms. The number of hydrogen-bond acceptors (Lipinski definition) is 3. The van der Waals surface area contributed by atoms with Gasteiger partial charge in [-0.2, -0.15) is 0 Å². The molecule has 0 aromatic carbocycles. The smallest absolute Gasteiger partial charge is 0.310 e. The molecule has 3 N–H and O–H groups in total. The standard InChI is InChI=1S/C12H16O5/c13-9(14)8-7-1-6-2-11(17,4-7)5-12(8,3-6)10(15)16/h6-8,17H,1-5H2,(H,13,14)(H,15,16). The second-order valence-electron chi connectivity index (χ2n) is 6.15. The Labute approximate surface area is 98.4 Å². The minimum Gasteiger partial charge on any atom is -0.481 e. The molecule has 5 atom stereocenters. The maximum absolute atomic E-state index is 11.5. The van der Waals surface area contributed by atoms with Crippen molar-refractivity contribution in [2.45, 2.75) is 37.7 Å². The summed E-state index contributed by atoms with van der Waals surface area (Å²) in [7, 11) is 0. The van der Waals surface area contributed by atoms with Crippen molar-refractivity contribution in [1.82, 2.24) is 0 Å². The minimum atomic E-state index is -1.23. The quantitative estimate of drug-likeness (QED) is 0.660. The largest absolute Gasteiger partial charge is 0.481 e. The highest BCUT2D eigenvalue weighted by Crippen LogP contribution is 2.64. The van der Waals surface area contributed by atoms with Gasteiger partial charge < -0.3 is 15.3 Å². The van der Waals surface area contributed by atoms with Crippen LogP contribution in [0.1, 0.15) is 32.1 Å². The molecule has 4 rings (SSSR count). The Bertz CT molecular complexity index is 406. The van der Waals surface area contributed by atoms with E-state index in [9.17, 15) is 24.9 Å². The third-order valence-electron chi connectivity index (χ3n) is 5.00. The average molecular weight is 240 g/mol. The summed E-state index contributed by atoms with van der Waals surface area (Å²) < 4.78 is 0. The van der Waals surface area contributed by atoms with Gasteiger partial charge in [-0.25, -0.2) is 0 Å². The maximum atomic E-state index is 11.5. The highest BCUT2D eigenvalue weighted by atomic mass is 16.4. The molecule has 0 saturated heterocycles. The molecule has 4 aliphatic carbocycles. The number of aliphatic carboxylic acids is 2. The van der Waals surface area contributed by atoms with Crippen LogP contribution in [0.25, 0.3) is 0 Å². The first-order chi connectivity index (χ1) is 7.86. The second kappa shape index (κ2) is 3.02. The van der Waals surface area contributed by atoms with Crippen LogP contribution in [0.5, 0.6) is 0 Å². The van der Waals surface area contributed by atoms with Gasteiger partial charge in [-0.05, 0) is 43.9 Å². The van der Waals surface area contributed by atoms with Gasteiger partial charge in [0.25, 0.3) is 0 Å². The minimum absolute atomic E-state index is 0.110. The number of hydrogen-bond donors (Lipinski definition) is 3. The molecule has 5 heteroatoms. The van der Waals surface area contributed by atoms with Crippen LogP contribution in [-0.4, -0.2) is 32.9 Å². The highest BCUT2D eigenvalue weighted by Gasteiger charge is 2.67. The molecule has 4 fully saturated rings. The summed E-state index contributed by atoms with van der Waals surface area (Å²) in [6, 6.07) is 0. The fourth-order valence-electron chi connectivity index (χ4n) is 4.85. The second-order valence-corrected chi connectivity index (χ2v) is 6.15. The summed E-state index contributed by atoms with van der Waals surface area (Å²) in [5.41, 5.74) is -2.17. The predicted molar refractivity (Wildman–Crippen MR) is 56.2 cm³/mol. The van der Waals surface area contributed by atoms with Crippen LogP contribution in [0.15, 0.2) is 0 Å². The van der Waals surface area contributed by atoms with Gasteiger partial charge in [0, 0.05) is 0 Å². The van der Waals surface area contributed by atoms with Gasteiger partial charge in [-0.15, -0.1) is 0 Å². The van der Waals surface area contributed by atoms with E-state index in [1.54, 1.807) is 0 Å². The first-order valence-corrected chi connectivity index (χ1v) is 6.05. The van der Waals surface area contributed by atoms with E-state index < -0.39 is 28.9 Å². The molecule has 0 radical (unpaired) electrons. The highest BCUT2D eigenvalue weighted by molar-refractivity contribution is 5.84. The lowest BCUT2D eigenvalue weighted by molar-refractivity contribution is -0.217. The summed E-state index contributed by atoms with van der Waals surface area (Å²) in [4.78, 5) is 22.9. The fourth-order valence-corrected chi connectivity index (χ4v) is 4.85. The molecule has 0 amide bonds. The van der Waals surface area contributed by atoms with Gasteiger partial charge in [0.1, 0.15) is 0 Å². The summed E-state index contributed by atoms with van der Waals surface area (Å²) in [5, 5.41) is 29.1. The maximum Gasteiger partial charge on any atom is 0.310 e. The molecule has 94 valence electrons. The van der Waals surface area contributed by atoms with Crippen LogP contribution < -0.4 is 0 Å². The van der Waals surface area contributed by atoms with Gasteiger partial charge in [0.15, 0.2) is 0 Å². The van der Waals surface area contributed by atoms with E-state index in [0.29, 0.717) is 19.3 Å². The summed E-state index contributed by atoms with van der Waals surface area (Å²) in [6.45, 7) is 0. The van der Waals surface area contributed by atoms with Crippen molar-refractivity contribution in [2.75, 3.05) is 0 Å². The molecule has 4 aliphatic rings. The normalized spacial score (nSPS) is 51.5. The van der Waals surface area contributed by atoms with Crippen LogP contribution in [-0.2, 0) is 9.59 Å². The molecule has 0 aromatic heterocycles. The SMILES string of the molecule is O=C(O)C1C2CC3CC(O)(C2)CC1(C(=O)O)C3. The zero-order chi connectivity index (χ0) is 12.4. The molecule has 4 saturated carbocycles. The van der Waals surface area contributed by atoms with Crippen LogP contribution >= 0.6 is 0 Å². The van der Waals surface area contributed by atoms with E-state index in [1.807, 2.05) is 0 Å².